The highest BCUT2D eigenvalue weighted by Gasteiger charge is 2.68. The van der Waals surface area contributed by atoms with Crippen LogP contribution in [-0.2, 0) is 19.2 Å². The van der Waals surface area contributed by atoms with Crippen LogP contribution in [0.25, 0.3) is 0 Å². The summed E-state index contributed by atoms with van der Waals surface area (Å²) in [7, 11) is 0. The third-order valence-corrected chi connectivity index (χ3v) is 10.6. The van der Waals surface area contributed by atoms with Crippen molar-refractivity contribution < 1.29 is 28.7 Å². The van der Waals surface area contributed by atoms with Crippen molar-refractivity contribution in [3.05, 3.63) is 99.3 Å². The van der Waals surface area contributed by atoms with Crippen LogP contribution in [0.4, 0.5) is 15.8 Å². The van der Waals surface area contributed by atoms with Crippen molar-refractivity contribution in [2.75, 3.05) is 9.80 Å². The smallest absolute Gasteiger partial charge is 0.241 e. The van der Waals surface area contributed by atoms with Crippen molar-refractivity contribution in [2.45, 2.75) is 25.7 Å². The molecule has 2 heterocycles. The van der Waals surface area contributed by atoms with Crippen LogP contribution in [0.1, 0.15) is 31.2 Å². The summed E-state index contributed by atoms with van der Waals surface area (Å²) in [5, 5.41) is 10.8. The van der Waals surface area contributed by atoms with Crippen molar-refractivity contribution >= 4 is 62.5 Å². The van der Waals surface area contributed by atoms with Crippen LogP contribution in [0.3, 0.4) is 0 Å². The van der Waals surface area contributed by atoms with Gasteiger partial charge in [0.1, 0.15) is 11.6 Å². The molecule has 2 saturated heterocycles. The number of nitrogens with zero attached hydrogens (tertiary/aromatic N) is 2. The highest BCUT2D eigenvalue weighted by molar-refractivity contribution is 9.10. The quantitative estimate of drug-likeness (QED) is 0.259. The summed E-state index contributed by atoms with van der Waals surface area (Å²) >= 11 is 9.43. The number of halogens is 3. The Morgan fingerprint density at radius 3 is 2.30 bits per heavy atom. The first-order valence-electron chi connectivity index (χ1n) is 14.0. The van der Waals surface area contributed by atoms with E-state index >= 15 is 0 Å². The molecule has 3 fully saturated rings. The second-order valence-corrected chi connectivity index (χ2v) is 13.1. The van der Waals surface area contributed by atoms with Crippen molar-refractivity contribution in [1.82, 2.24) is 0 Å². The molecule has 2 aliphatic heterocycles. The largest absolute Gasteiger partial charge is 0.508 e. The molecule has 4 aliphatic rings. The molecule has 218 valence electrons. The fourth-order valence-electron chi connectivity index (χ4n) is 7.81. The van der Waals surface area contributed by atoms with Gasteiger partial charge in [0.15, 0.2) is 0 Å². The van der Waals surface area contributed by atoms with Crippen LogP contribution in [0.15, 0.2) is 82.9 Å². The van der Waals surface area contributed by atoms with Crippen LogP contribution in [0.2, 0.25) is 5.02 Å². The first-order valence-corrected chi connectivity index (χ1v) is 15.2. The summed E-state index contributed by atoms with van der Waals surface area (Å²) in [4.78, 5) is 58.6. The number of anilines is 2. The summed E-state index contributed by atoms with van der Waals surface area (Å²) in [6.07, 6.45) is 2.38. The molecule has 6 unspecified atom stereocenters. The number of fused-ring (bicyclic) bond motifs is 4. The number of amides is 4. The number of imide groups is 2. The van der Waals surface area contributed by atoms with E-state index in [-0.39, 0.29) is 34.7 Å². The van der Waals surface area contributed by atoms with Gasteiger partial charge in [-0.15, -0.1) is 0 Å². The average Bonchev–Trinajstić information content (AvgIpc) is 3.35. The monoisotopic (exact) mass is 662 g/mol. The van der Waals surface area contributed by atoms with Gasteiger partial charge in [-0.3, -0.25) is 24.1 Å². The number of rotatable bonds is 3. The van der Waals surface area contributed by atoms with Gasteiger partial charge >= 0.3 is 0 Å². The number of hydrogen-bond acceptors (Lipinski definition) is 5. The maximum Gasteiger partial charge on any atom is 0.241 e. The molecule has 7 rings (SSSR count). The molecule has 2 aliphatic carbocycles. The molecular formula is C33H25BrClFN2O5. The van der Waals surface area contributed by atoms with E-state index in [0.29, 0.717) is 17.7 Å². The third-order valence-electron chi connectivity index (χ3n) is 9.77. The molecular weight excluding hydrogens is 639 g/mol. The van der Waals surface area contributed by atoms with E-state index in [4.69, 9.17) is 11.6 Å². The lowest BCUT2D eigenvalue weighted by molar-refractivity contribution is -0.131. The predicted octanol–water partition coefficient (Wildman–Crippen LogP) is 6.38. The minimum Gasteiger partial charge on any atom is -0.508 e. The molecule has 7 nitrogen and oxygen atoms in total. The summed E-state index contributed by atoms with van der Waals surface area (Å²) in [6.45, 7) is 1.72. The van der Waals surface area contributed by atoms with Crippen molar-refractivity contribution in [1.29, 1.82) is 0 Å². The van der Waals surface area contributed by atoms with Crippen molar-refractivity contribution in [3.63, 3.8) is 0 Å². The molecule has 6 atom stereocenters. The van der Waals surface area contributed by atoms with E-state index in [1.165, 1.54) is 23.1 Å². The molecule has 10 heteroatoms. The fraction of sp³-hybridized carbons (Fsp3) is 0.273. The molecule has 3 aromatic carbocycles. The number of phenols is 1. The lowest BCUT2D eigenvalue weighted by Crippen LogP contribution is -2.48. The standard InChI is InChI=1S/C33H25BrClFN2O5/c1-33-23(30(41)38(32(33)43)18-10-13-25(36)24(35)14-18)15-22-19(28(33)20-4-2-3-5-26(20)39)11-12-21-27(22)31(42)37(29(21)40)17-8-6-16(34)7-9-17/h2-11,13-14,21-23,27-28,39H,12,15H2,1H3. The zero-order chi connectivity index (χ0) is 30.4. The number of phenolic OH excluding ortho intramolecular Hbond substituents is 1. The molecule has 1 saturated carbocycles. The number of carbonyl (C=O) groups is 4. The van der Waals surface area contributed by atoms with Crippen molar-refractivity contribution in [3.8, 4) is 5.75 Å². The maximum atomic E-state index is 14.4. The van der Waals surface area contributed by atoms with E-state index in [9.17, 15) is 28.7 Å². The van der Waals surface area contributed by atoms with Gasteiger partial charge in [0.25, 0.3) is 0 Å². The molecule has 4 amide bonds. The lowest BCUT2D eigenvalue weighted by atomic mass is 9.51. The lowest BCUT2D eigenvalue weighted by Gasteiger charge is -2.49. The van der Waals surface area contributed by atoms with Crippen LogP contribution < -0.4 is 9.80 Å². The Hall–Kier alpha value is -3.82. The number of para-hydroxylation sites is 1. The Balaban J connectivity index is 1.37. The molecule has 3 aromatic rings. The van der Waals surface area contributed by atoms with Gasteiger partial charge < -0.3 is 5.11 Å². The topological polar surface area (TPSA) is 95.0 Å². The van der Waals surface area contributed by atoms with Crippen LogP contribution in [0, 0.1) is 34.9 Å². The first-order chi connectivity index (χ1) is 20.5. The highest BCUT2D eigenvalue weighted by Crippen LogP contribution is 2.64. The number of hydrogen-bond donors (Lipinski definition) is 1. The highest BCUT2D eigenvalue weighted by atomic mass is 79.9. The minimum absolute atomic E-state index is 0.0370. The molecule has 1 N–H and O–H groups in total. The summed E-state index contributed by atoms with van der Waals surface area (Å²) in [6, 6.07) is 17.3. The SMILES string of the molecule is CC12C(=O)N(c3ccc(F)c(Cl)c3)C(=O)C1CC1C(=CCC3C(=O)N(c4ccc(Br)cc4)C(=O)C31)C2c1ccccc1O. The zero-order valence-electron chi connectivity index (χ0n) is 22.8. The van der Waals surface area contributed by atoms with Crippen molar-refractivity contribution in [2.24, 2.45) is 29.1 Å². The van der Waals surface area contributed by atoms with Crippen LogP contribution >= 0.6 is 27.5 Å². The Morgan fingerprint density at radius 2 is 1.60 bits per heavy atom. The Kier molecular flexibility index (Phi) is 6.41. The van der Waals surface area contributed by atoms with E-state index in [0.717, 1.165) is 21.0 Å². The van der Waals surface area contributed by atoms with E-state index in [1.54, 1.807) is 49.4 Å². The molecule has 0 radical (unpaired) electrons. The molecule has 0 aromatic heterocycles. The van der Waals surface area contributed by atoms with E-state index in [1.807, 2.05) is 6.08 Å². The number of aromatic hydroxyl groups is 1. The first kappa shape index (κ1) is 28.0. The van der Waals surface area contributed by atoms with Gasteiger partial charge in [0.05, 0.1) is 39.6 Å². The van der Waals surface area contributed by atoms with Gasteiger partial charge in [-0.2, -0.15) is 0 Å². The number of carbonyl (C=O) groups excluding carboxylic acids is 4. The normalized spacial score (nSPS) is 29.9. The molecule has 43 heavy (non-hydrogen) atoms. The fourth-order valence-corrected chi connectivity index (χ4v) is 8.24. The Labute approximate surface area is 260 Å². The predicted molar refractivity (Wildman–Crippen MR) is 161 cm³/mol. The molecule has 0 bridgehead atoms. The van der Waals surface area contributed by atoms with Gasteiger partial charge in [0, 0.05) is 16.0 Å². The van der Waals surface area contributed by atoms with Crippen LogP contribution in [-0.4, -0.2) is 28.7 Å². The van der Waals surface area contributed by atoms with Gasteiger partial charge in [0.2, 0.25) is 23.6 Å². The van der Waals surface area contributed by atoms with E-state index in [2.05, 4.69) is 15.9 Å². The summed E-state index contributed by atoms with van der Waals surface area (Å²) < 4.78 is 14.8. The van der Waals surface area contributed by atoms with Gasteiger partial charge in [-0.25, -0.2) is 9.29 Å². The average molecular weight is 664 g/mol. The van der Waals surface area contributed by atoms with E-state index < -0.39 is 52.6 Å². The summed E-state index contributed by atoms with van der Waals surface area (Å²) in [5.74, 6) is -5.82. The number of allylic oxidation sites excluding steroid dienone is 2. The maximum absolute atomic E-state index is 14.4. The second-order valence-electron chi connectivity index (χ2n) is 11.8. The third kappa shape index (κ3) is 3.90. The number of benzene rings is 3. The van der Waals surface area contributed by atoms with Gasteiger partial charge in [-0.1, -0.05) is 57.4 Å². The molecule has 0 spiro atoms. The Bertz CT molecular complexity index is 1780. The van der Waals surface area contributed by atoms with Gasteiger partial charge in [-0.05, 0) is 74.2 Å². The Morgan fingerprint density at radius 1 is 0.907 bits per heavy atom. The minimum atomic E-state index is -1.33. The van der Waals surface area contributed by atoms with Crippen LogP contribution in [0.5, 0.6) is 5.75 Å². The summed E-state index contributed by atoms with van der Waals surface area (Å²) in [5.41, 5.74) is 0.518. The zero-order valence-corrected chi connectivity index (χ0v) is 25.2. The second kappa shape index (κ2) is 9.86.